The number of amides is 2. The van der Waals surface area contributed by atoms with E-state index in [-0.39, 0.29) is 24.4 Å². The van der Waals surface area contributed by atoms with Gasteiger partial charge in [-0.1, -0.05) is 6.92 Å². The van der Waals surface area contributed by atoms with Crippen LogP contribution >= 0.6 is 11.8 Å². The highest BCUT2D eigenvalue weighted by Gasteiger charge is 2.41. The van der Waals surface area contributed by atoms with Crippen molar-refractivity contribution < 1.29 is 9.59 Å². The summed E-state index contributed by atoms with van der Waals surface area (Å²) in [5, 5.41) is 0.541. The number of hydrogen-bond donors (Lipinski definition) is 0. The zero-order chi connectivity index (χ0) is 12.4. The van der Waals surface area contributed by atoms with Gasteiger partial charge in [-0.15, -0.1) is 0 Å². The molecule has 4 nitrogen and oxygen atoms in total. The minimum atomic E-state index is -0.152. The third-order valence-electron chi connectivity index (χ3n) is 3.70. The molecule has 2 unspecified atom stereocenters. The predicted octanol–water partition coefficient (Wildman–Crippen LogP) is 0.961. The second-order valence-corrected chi connectivity index (χ2v) is 6.12. The standard InChI is InChI=1S/C12H20N2O2S/c1-9(17-2)5-7-13-8-11(15)14-6-3-4-10(14)12(13)16/h9-10H,3-8H2,1-2H3. The van der Waals surface area contributed by atoms with Crippen molar-refractivity contribution >= 4 is 23.6 Å². The van der Waals surface area contributed by atoms with E-state index in [1.165, 1.54) is 0 Å². The van der Waals surface area contributed by atoms with Gasteiger partial charge in [-0.2, -0.15) is 11.8 Å². The number of carbonyl (C=O) groups is 2. The van der Waals surface area contributed by atoms with Gasteiger partial charge < -0.3 is 9.80 Å². The maximum absolute atomic E-state index is 12.2. The highest BCUT2D eigenvalue weighted by atomic mass is 32.2. The molecule has 0 radical (unpaired) electrons. The molecule has 0 aromatic heterocycles. The number of rotatable bonds is 4. The quantitative estimate of drug-likeness (QED) is 0.752. The summed E-state index contributed by atoms with van der Waals surface area (Å²) in [6.45, 7) is 3.93. The number of nitrogens with zero attached hydrogens (tertiary/aromatic N) is 2. The smallest absolute Gasteiger partial charge is 0.245 e. The molecular weight excluding hydrogens is 236 g/mol. The molecule has 0 aromatic rings. The van der Waals surface area contributed by atoms with E-state index in [0.717, 1.165) is 32.4 Å². The molecule has 2 fully saturated rings. The van der Waals surface area contributed by atoms with E-state index in [2.05, 4.69) is 13.2 Å². The SMILES string of the molecule is CSC(C)CCN1CC(=O)N2CCCC2C1=O. The summed E-state index contributed by atoms with van der Waals surface area (Å²) in [6.07, 6.45) is 4.86. The minimum absolute atomic E-state index is 0.129. The van der Waals surface area contributed by atoms with E-state index >= 15 is 0 Å². The van der Waals surface area contributed by atoms with E-state index in [9.17, 15) is 9.59 Å². The first-order valence-electron chi connectivity index (χ1n) is 6.24. The van der Waals surface area contributed by atoms with Gasteiger partial charge in [-0.25, -0.2) is 0 Å². The van der Waals surface area contributed by atoms with Gasteiger partial charge >= 0.3 is 0 Å². The maximum Gasteiger partial charge on any atom is 0.245 e. The largest absolute Gasteiger partial charge is 0.332 e. The van der Waals surface area contributed by atoms with Gasteiger partial charge in [-0.3, -0.25) is 9.59 Å². The Morgan fingerprint density at radius 2 is 2.24 bits per heavy atom. The number of fused-ring (bicyclic) bond motifs is 1. The summed E-state index contributed by atoms with van der Waals surface area (Å²) in [6, 6.07) is -0.152. The molecule has 0 saturated carbocycles. The molecule has 17 heavy (non-hydrogen) atoms. The molecule has 2 aliphatic heterocycles. The number of piperazine rings is 1. The molecule has 96 valence electrons. The van der Waals surface area contributed by atoms with Crippen LogP contribution in [0, 0.1) is 0 Å². The summed E-state index contributed by atoms with van der Waals surface area (Å²) in [4.78, 5) is 27.6. The monoisotopic (exact) mass is 256 g/mol. The van der Waals surface area contributed by atoms with Crippen molar-refractivity contribution in [3.05, 3.63) is 0 Å². The first-order valence-corrected chi connectivity index (χ1v) is 7.53. The van der Waals surface area contributed by atoms with E-state index in [1.54, 1.807) is 21.6 Å². The van der Waals surface area contributed by atoms with Crippen LogP contribution < -0.4 is 0 Å². The fourth-order valence-electron chi connectivity index (χ4n) is 2.51. The van der Waals surface area contributed by atoms with Gasteiger partial charge in [-0.05, 0) is 25.5 Å². The summed E-state index contributed by atoms with van der Waals surface area (Å²) in [7, 11) is 0. The molecule has 0 bridgehead atoms. The Morgan fingerprint density at radius 1 is 1.47 bits per heavy atom. The summed E-state index contributed by atoms with van der Waals surface area (Å²) in [5.74, 6) is 0.291. The third kappa shape index (κ3) is 2.59. The first kappa shape index (κ1) is 12.7. The molecule has 2 aliphatic rings. The first-order chi connectivity index (χ1) is 8.13. The number of thioether (sulfide) groups is 1. The fourth-order valence-corrected chi connectivity index (χ4v) is 2.85. The van der Waals surface area contributed by atoms with Crippen LogP contribution in [0.4, 0.5) is 0 Å². The van der Waals surface area contributed by atoms with Crippen molar-refractivity contribution in [2.75, 3.05) is 25.9 Å². The predicted molar refractivity (Wildman–Crippen MR) is 68.9 cm³/mol. The zero-order valence-corrected chi connectivity index (χ0v) is 11.3. The van der Waals surface area contributed by atoms with Crippen LogP contribution in [0.15, 0.2) is 0 Å². The Balaban J connectivity index is 1.95. The summed E-state index contributed by atoms with van der Waals surface area (Å²) >= 11 is 1.80. The van der Waals surface area contributed by atoms with E-state index in [0.29, 0.717) is 5.25 Å². The van der Waals surface area contributed by atoms with Gasteiger partial charge in [0.15, 0.2) is 0 Å². The minimum Gasteiger partial charge on any atom is -0.332 e. The lowest BCUT2D eigenvalue weighted by Crippen LogP contribution is -2.57. The van der Waals surface area contributed by atoms with Gasteiger partial charge in [0.25, 0.3) is 0 Å². The maximum atomic E-state index is 12.2. The van der Waals surface area contributed by atoms with Crippen LogP contribution in [0.25, 0.3) is 0 Å². The van der Waals surface area contributed by atoms with Crippen molar-refractivity contribution in [3.8, 4) is 0 Å². The average Bonchev–Trinajstić information content (AvgIpc) is 2.81. The van der Waals surface area contributed by atoms with Crippen LogP contribution in [0.1, 0.15) is 26.2 Å². The molecular formula is C12H20N2O2S. The number of carbonyl (C=O) groups excluding carboxylic acids is 2. The van der Waals surface area contributed by atoms with E-state index < -0.39 is 0 Å². The Kier molecular flexibility index (Phi) is 3.97. The average molecular weight is 256 g/mol. The lowest BCUT2D eigenvalue weighted by Gasteiger charge is -2.36. The highest BCUT2D eigenvalue weighted by molar-refractivity contribution is 7.99. The van der Waals surface area contributed by atoms with Crippen LogP contribution in [-0.4, -0.2) is 58.8 Å². The Hall–Kier alpha value is -0.710. The zero-order valence-electron chi connectivity index (χ0n) is 10.5. The van der Waals surface area contributed by atoms with Crippen LogP contribution in [-0.2, 0) is 9.59 Å². The second kappa shape index (κ2) is 5.29. The van der Waals surface area contributed by atoms with E-state index in [4.69, 9.17) is 0 Å². The van der Waals surface area contributed by atoms with Crippen molar-refractivity contribution in [1.82, 2.24) is 9.80 Å². The second-order valence-electron chi connectivity index (χ2n) is 4.84. The van der Waals surface area contributed by atoms with Gasteiger partial charge in [0, 0.05) is 18.3 Å². The molecule has 2 heterocycles. The van der Waals surface area contributed by atoms with Crippen molar-refractivity contribution in [2.45, 2.75) is 37.5 Å². The third-order valence-corrected chi connectivity index (χ3v) is 4.74. The molecule has 2 saturated heterocycles. The van der Waals surface area contributed by atoms with Crippen molar-refractivity contribution in [1.29, 1.82) is 0 Å². The molecule has 5 heteroatoms. The van der Waals surface area contributed by atoms with Crippen molar-refractivity contribution in [2.24, 2.45) is 0 Å². The van der Waals surface area contributed by atoms with Gasteiger partial charge in [0.1, 0.15) is 6.04 Å². The summed E-state index contributed by atoms with van der Waals surface area (Å²) < 4.78 is 0. The molecule has 2 atom stereocenters. The molecule has 0 aliphatic carbocycles. The highest BCUT2D eigenvalue weighted by Crippen LogP contribution is 2.24. The fraction of sp³-hybridized carbons (Fsp3) is 0.833. The van der Waals surface area contributed by atoms with E-state index in [1.807, 2.05) is 0 Å². The lowest BCUT2D eigenvalue weighted by atomic mass is 10.1. The molecule has 2 amide bonds. The molecule has 0 aromatic carbocycles. The Morgan fingerprint density at radius 3 is 2.94 bits per heavy atom. The molecule has 2 rings (SSSR count). The van der Waals surface area contributed by atoms with Crippen LogP contribution in [0.5, 0.6) is 0 Å². The van der Waals surface area contributed by atoms with Gasteiger partial charge in [0.05, 0.1) is 6.54 Å². The van der Waals surface area contributed by atoms with Gasteiger partial charge in [0.2, 0.25) is 11.8 Å². The van der Waals surface area contributed by atoms with Crippen LogP contribution in [0.2, 0.25) is 0 Å². The molecule has 0 spiro atoms. The summed E-state index contributed by atoms with van der Waals surface area (Å²) in [5.41, 5.74) is 0. The topological polar surface area (TPSA) is 40.6 Å². The lowest BCUT2D eigenvalue weighted by molar-refractivity contribution is -0.153. The normalized spacial score (nSPS) is 26.4. The van der Waals surface area contributed by atoms with Crippen molar-refractivity contribution in [3.63, 3.8) is 0 Å². The Labute approximate surface area is 107 Å². The molecule has 0 N–H and O–H groups in total. The van der Waals surface area contributed by atoms with Crippen LogP contribution in [0.3, 0.4) is 0 Å². The Bertz CT molecular complexity index is 322. The number of hydrogen-bond acceptors (Lipinski definition) is 3.